The molecule has 5 heteroatoms. The molecule has 14 heavy (non-hydrogen) atoms. The number of ether oxygens (including phenoxy) is 1. The number of benzene rings is 1. The van der Waals surface area contributed by atoms with Crippen LogP contribution in [0.2, 0.25) is 0 Å². The summed E-state index contributed by atoms with van der Waals surface area (Å²) in [5, 5.41) is 0. The van der Waals surface area contributed by atoms with E-state index in [4.69, 9.17) is 4.74 Å². The van der Waals surface area contributed by atoms with Crippen LogP contribution in [0.25, 0.3) is 0 Å². The van der Waals surface area contributed by atoms with E-state index in [1.807, 2.05) is 12.1 Å². The van der Waals surface area contributed by atoms with E-state index in [0.29, 0.717) is 0 Å². The fourth-order valence-corrected chi connectivity index (χ4v) is 2.40. The summed E-state index contributed by atoms with van der Waals surface area (Å²) in [4.78, 5) is 11.6. The van der Waals surface area contributed by atoms with Gasteiger partial charge in [-0.25, -0.2) is 0 Å². The van der Waals surface area contributed by atoms with Crippen LogP contribution < -0.4 is 4.74 Å². The molecule has 76 valence electrons. The van der Waals surface area contributed by atoms with Gasteiger partial charge in [-0.2, -0.15) is 0 Å². The molecule has 1 aromatic carbocycles. The van der Waals surface area contributed by atoms with Crippen LogP contribution in [0.1, 0.15) is 10.4 Å². The predicted molar refractivity (Wildman–Crippen MR) is 81.9 cm³/mol. The van der Waals surface area contributed by atoms with Gasteiger partial charge >= 0.3 is 0 Å². The number of carbonyl (C=O) groups is 1. The zero-order valence-corrected chi connectivity index (χ0v) is 13.7. The number of rotatable bonds is 3. The lowest BCUT2D eigenvalue weighted by molar-refractivity contribution is 0.102. The van der Waals surface area contributed by atoms with Crippen LogP contribution in [0.3, 0.4) is 0 Å². The summed E-state index contributed by atoms with van der Waals surface area (Å²) in [5.41, 5.74) is 0.740. The van der Waals surface area contributed by atoms with Crippen molar-refractivity contribution in [3.8, 4) is 5.75 Å². The first-order chi connectivity index (χ1) is 6.56. The Labute approximate surface area is 124 Å². The number of carbonyl (C=O) groups excluding carboxylic acids is 1. The van der Waals surface area contributed by atoms with Crippen molar-refractivity contribution >= 4 is 73.6 Å². The molecular weight excluding hydrogens is 521 g/mol. The Morgan fingerprint density at radius 1 is 1.43 bits per heavy atom. The SMILES string of the molecule is COc1ccc(C(=O)C(I)I)cc1I. The van der Waals surface area contributed by atoms with E-state index in [1.54, 1.807) is 13.2 Å². The van der Waals surface area contributed by atoms with Gasteiger partial charge in [-0.3, -0.25) is 4.79 Å². The first-order valence-corrected chi connectivity index (χ1v) is 7.29. The lowest BCUT2D eigenvalue weighted by atomic mass is 10.1. The van der Waals surface area contributed by atoms with Crippen molar-refractivity contribution in [2.45, 2.75) is 1.93 Å². The van der Waals surface area contributed by atoms with E-state index in [9.17, 15) is 4.79 Å². The van der Waals surface area contributed by atoms with Gasteiger partial charge in [-0.15, -0.1) is 0 Å². The van der Waals surface area contributed by atoms with Gasteiger partial charge in [-0.1, -0.05) is 45.2 Å². The lowest BCUT2D eigenvalue weighted by Crippen LogP contribution is -2.07. The average molecular weight is 528 g/mol. The summed E-state index contributed by atoms with van der Waals surface area (Å²) in [5.74, 6) is 0.951. The molecule has 0 amide bonds. The second kappa shape index (κ2) is 5.83. The second-order valence-electron chi connectivity index (χ2n) is 2.51. The minimum absolute atomic E-state index is 0.0191. The molecule has 1 rings (SSSR count). The van der Waals surface area contributed by atoms with Crippen molar-refractivity contribution in [2.75, 3.05) is 7.11 Å². The third-order valence-corrected chi connectivity index (χ3v) is 3.61. The first kappa shape index (κ1) is 12.9. The number of alkyl halides is 2. The monoisotopic (exact) mass is 528 g/mol. The van der Waals surface area contributed by atoms with Gasteiger partial charge in [0.1, 0.15) is 7.68 Å². The van der Waals surface area contributed by atoms with Gasteiger partial charge in [0.05, 0.1) is 10.7 Å². The Morgan fingerprint density at radius 2 is 2.07 bits per heavy atom. The molecule has 0 aromatic heterocycles. The van der Waals surface area contributed by atoms with Gasteiger partial charge in [0, 0.05) is 5.56 Å². The highest BCUT2D eigenvalue weighted by atomic mass is 127. The van der Waals surface area contributed by atoms with Crippen LogP contribution in [0.4, 0.5) is 0 Å². The van der Waals surface area contributed by atoms with Crippen LogP contribution in [0.15, 0.2) is 18.2 Å². The van der Waals surface area contributed by atoms with E-state index in [0.717, 1.165) is 14.9 Å². The van der Waals surface area contributed by atoms with Crippen molar-refractivity contribution in [3.63, 3.8) is 0 Å². The van der Waals surface area contributed by atoms with Crippen molar-refractivity contribution in [1.29, 1.82) is 0 Å². The lowest BCUT2D eigenvalue weighted by Gasteiger charge is -2.06. The Bertz CT molecular complexity index is 350. The fraction of sp³-hybridized carbons (Fsp3) is 0.222. The van der Waals surface area contributed by atoms with Crippen LogP contribution in [-0.2, 0) is 0 Å². The molecule has 0 aliphatic rings. The van der Waals surface area contributed by atoms with E-state index >= 15 is 0 Å². The zero-order valence-electron chi connectivity index (χ0n) is 7.26. The van der Waals surface area contributed by atoms with Gasteiger partial charge in [0.2, 0.25) is 0 Å². The summed E-state index contributed by atoms with van der Waals surface area (Å²) in [7, 11) is 1.62. The van der Waals surface area contributed by atoms with Crippen molar-refractivity contribution in [2.24, 2.45) is 0 Å². The van der Waals surface area contributed by atoms with Gasteiger partial charge < -0.3 is 4.74 Å². The van der Waals surface area contributed by atoms with Crippen molar-refractivity contribution < 1.29 is 9.53 Å². The molecule has 0 fully saturated rings. The number of Topliss-reactive ketones (excluding diaryl/α,β-unsaturated/α-hetero) is 1. The van der Waals surface area contributed by atoms with Gasteiger partial charge in [0.15, 0.2) is 5.78 Å². The molecule has 0 spiro atoms. The highest BCUT2D eigenvalue weighted by Crippen LogP contribution is 2.24. The molecule has 0 aliphatic carbocycles. The third kappa shape index (κ3) is 3.19. The molecule has 0 saturated carbocycles. The van der Waals surface area contributed by atoms with Crippen LogP contribution in [0.5, 0.6) is 5.75 Å². The van der Waals surface area contributed by atoms with Crippen LogP contribution >= 0.6 is 67.8 Å². The van der Waals surface area contributed by atoms with Crippen molar-refractivity contribution in [3.05, 3.63) is 27.3 Å². The number of ketones is 1. The Hall–Kier alpha value is 0.880. The van der Waals surface area contributed by atoms with Crippen molar-refractivity contribution in [1.82, 2.24) is 0 Å². The minimum Gasteiger partial charge on any atom is -0.496 e. The molecule has 1 aromatic rings. The topological polar surface area (TPSA) is 26.3 Å². The maximum absolute atomic E-state index is 11.6. The quantitative estimate of drug-likeness (QED) is 0.341. The standard InChI is InChI=1S/C9H7I3O2/c1-14-7-3-2-5(4-6(7)10)8(13)9(11)12/h2-4,9H,1H3. The molecule has 2 nitrogen and oxygen atoms in total. The Morgan fingerprint density at radius 3 is 2.50 bits per heavy atom. The van der Waals surface area contributed by atoms with Gasteiger partial charge in [0.25, 0.3) is 0 Å². The molecular formula is C9H7I3O2. The second-order valence-corrected chi connectivity index (χ2v) is 8.55. The summed E-state index contributed by atoms with van der Waals surface area (Å²) in [6.45, 7) is 0. The summed E-state index contributed by atoms with van der Waals surface area (Å²) in [6.07, 6.45) is 0. The highest BCUT2D eigenvalue weighted by Gasteiger charge is 2.14. The Balaban J connectivity index is 3.03. The molecule has 0 unspecified atom stereocenters. The number of hydrogen-bond donors (Lipinski definition) is 0. The van der Waals surface area contributed by atoms with E-state index in [-0.39, 0.29) is 7.71 Å². The van der Waals surface area contributed by atoms with Crippen LogP contribution in [-0.4, -0.2) is 14.8 Å². The summed E-state index contributed by atoms with van der Waals surface area (Å²) in [6, 6.07) is 5.48. The number of methoxy groups -OCH3 is 1. The summed E-state index contributed by atoms with van der Waals surface area (Å²) >= 11 is 6.37. The van der Waals surface area contributed by atoms with E-state index in [2.05, 4.69) is 67.8 Å². The van der Waals surface area contributed by atoms with Crippen LogP contribution in [0, 0.1) is 3.57 Å². The molecule has 0 N–H and O–H groups in total. The predicted octanol–water partition coefficient (Wildman–Crippen LogP) is 3.68. The number of halogens is 3. The largest absolute Gasteiger partial charge is 0.496 e. The maximum Gasteiger partial charge on any atom is 0.185 e. The van der Waals surface area contributed by atoms with E-state index in [1.165, 1.54) is 0 Å². The molecule has 0 saturated heterocycles. The van der Waals surface area contributed by atoms with Gasteiger partial charge in [-0.05, 0) is 40.8 Å². The first-order valence-electron chi connectivity index (χ1n) is 3.72. The third-order valence-electron chi connectivity index (χ3n) is 1.63. The molecule has 0 aliphatic heterocycles. The Kier molecular flexibility index (Phi) is 5.39. The maximum atomic E-state index is 11.6. The molecule has 0 bridgehead atoms. The average Bonchev–Trinajstić information content (AvgIpc) is 2.16. The molecule has 0 heterocycles. The number of hydrogen-bond acceptors (Lipinski definition) is 2. The normalized spacial score (nSPS) is 10.4. The molecule has 0 radical (unpaired) electrons. The van der Waals surface area contributed by atoms with E-state index < -0.39 is 0 Å². The molecule has 0 atom stereocenters. The summed E-state index contributed by atoms with van der Waals surface area (Å²) < 4.78 is 6.06. The zero-order chi connectivity index (χ0) is 10.7. The smallest absolute Gasteiger partial charge is 0.185 e. The highest BCUT2D eigenvalue weighted by molar-refractivity contribution is 14.2. The fourth-order valence-electron chi connectivity index (χ4n) is 0.946. The minimum atomic E-state index is -0.0191.